The molecule has 0 saturated heterocycles. The number of benzene rings is 6. The highest BCUT2D eigenvalue weighted by atomic mass is 14.6. The maximum absolute atomic E-state index is 6.41. The van der Waals surface area contributed by atoms with Crippen LogP contribution in [0.1, 0.15) is 124 Å². The molecule has 1 aliphatic rings. The smallest absolute Gasteiger partial charge is 0.0349 e. The van der Waals surface area contributed by atoms with Crippen molar-refractivity contribution in [3.8, 4) is 11.1 Å². The molecule has 0 aromatic heterocycles. The van der Waals surface area contributed by atoms with Gasteiger partial charge in [0.05, 0.1) is 0 Å². The van der Waals surface area contributed by atoms with Gasteiger partial charge >= 0.3 is 0 Å². The second kappa shape index (κ2) is 21.6. The lowest BCUT2D eigenvalue weighted by Gasteiger charge is -2.22. The highest BCUT2D eigenvalue weighted by Gasteiger charge is 2.28. The van der Waals surface area contributed by atoms with E-state index >= 15 is 0 Å². The summed E-state index contributed by atoms with van der Waals surface area (Å²) in [4.78, 5) is 0. The summed E-state index contributed by atoms with van der Waals surface area (Å²) in [6, 6.07) is 55.5. The first-order valence-electron chi connectivity index (χ1n) is 22.5. The number of anilines is 1. The molecule has 6 aromatic carbocycles. The van der Waals surface area contributed by atoms with Crippen molar-refractivity contribution < 1.29 is 0 Å². The minimum Gasteiger partial charge on any atom is -0.398 e. The zero-order valence-corrected chi connectivity index (χ0v) is 37.8. The average Bonchev–Trinajstić information content (AvgIpc) is 4.15. The third-order valence-corrected chi connectivity index (χ3v) is 12.8. The molecule has 0 radical (unpaired) electrons. The number of aryl methyl sites for hydroxylation is 2. The fourth-order valence-corrected chi connectivity index (χ4v) is 8.59. The predicted molar refractivity (Wildman–Crippen MR) is 268 cm³/mol. The SMILES string of the molecule is C/C(=C\C(=C\C[C@@H](C)C(C)c1cccc(-c2ccc(C)c(/C(=C(/C)C3CC3)c3ccccc3CCC(C)c3ccccc3N)c2)c1)c1ccccc1)c1ccccc1.C=CC. The van der Waals surface area contributed by atoms with E-state index in [-0.39, 0.29) is 0 Å². The molecule has 1 fully saturated rings. The number of hydrogen-bond acceptors (Lipinski definition) is 1. The third-order valence-electron chi connectivity index (χ3n) is 12.8. The molecule has 2 N–H and O–H groups in total. The predicted octanol–water partition coefficient (Wildman–Crippen LogP) is 16.7. The first-order chi connectivity index (χ1) is 29.6. The molecular weight excluding hydrogens is 735 g/mol. The Balaban J connectivity index is 0.00000201. The van der Waals surface area contributed by atoms with Crippen LogP contribution in [0, 0.1) is 18.8 Å². The van der Waals surface area contributed by atoms with Crippen molar-refractivity contribution in [2.24, 2.45) is 11.8 Å². The van der Waals surface area contributed by atoms with Crippen LogP contribution in [-0.2, 0) is 6.42 Å². The van der Waals surface area contributed by atoms with Crippen LogP contribution < -0.4 is 5.73 Å². The summed E-state index contributed by atoms with van der Waals surface area (Å²) >= 11 is 0. The highest BCUT2D eigenvalue weighted by Crippen LogP contribution is 2.44. The lowest BCUT2D eigenvalue weighted by molar-refractivity contribution is 0.494. The number of nitrogen functional groups attached to an aromatic ring is 1. The molecule has 0 amide bonds. The van der Waals surface area contributed by atoms with Gasteiger partial charge in [0, 0.05) is 5.69 Å². The van der Waals surface area contributed by atoms with E-state index in [4.69, 9.17) is 5.73 Å². The minimum absolute atomic E-state index is 0.385. The van der Waals surface area contributed by atoms with Gasteiger partial charge in [-0.25, -0.2) is 0 Å². The Labute approximate surface area is 368 Å². The van der Waals surface area contributed by atoms with Crippen LogP contribution in [0.4, 0.5) is 5.69 Å². The standard InChI is InChI=1S/C57H61N.C3H6/c1-39(28-32-51(47-20-11-8-12-21-47)36-42(4)45-18-9-7-10-19-45)43(5)49-23-17-24-50(37-49)52-33-30-41(3)55(38-52)57(44(6)46-34-35-46)54-26-14-13-22-48(54)31-29-40(2)53-25-15-16-27-56(53)58;1-3-2/h7-27,30,32-33,36-40,43,46H,28-29,31,34-35,58H2,1-6H3;3H,1H2,2H3/b42-36+,51-32-,57-44-;/t39-,40?,43?;/m1./s1. The molecule has 1 saturated carbocycles. The summed E-state index contributed by atoms with van der Waals surface area (Å²) in [6.07, 6.45) is 12.2. The minimum atomic E-state index is 0.385. The topological polar surface area (TPSA) is 26.0 Å². The van der Waals surface area contributed by atoms with Crippen molar-refractivity contribution in [1.82, 2.24) is 0 Å². The molecule has 1 aliphatic carbocycles. The lowest BCUT2D eigenvalue weighted by Crippen LogP contribution is -2.06. The second-order valence-electron chi connectivity index (χ2n) is 17.3. The molecule has 0 heterocycles. The van der Waals surface area contributed by atoms with Crippen molar-refractivity contribution in [3.63, 3.8) is 0 Å². The zero-order chi connectivity index (χ0) is 43.3. The van der Waals surface area contributed by atoms with Crippen molar-refractivity contribution in [3.05, 3.63) is 227 Å². The van der Waals surface area contributed by atoms with Gasteiger partial charge in [0.2, 0.25) is 0 Å². The van der Waals surface area contributed by atoms with Gasteiger partial charge in [-0.3, -0.25) is 0 Å². The number of rotatable bonds is 15. The number of hydrogen-bond donors (Lipinski definition) is 1. The van der Waals surface area contributed by atoms with E-state index in [1.54, 1.807) is 6.08 Å². The lowest BCUT2D eigenvalue weighted by atomic mass is 9.82. The Kier molecular flexibility index (Phi) is 15.8. The van der Waals surface area contributed by atoms with Crippen LogP contribution in [0.3, 0.4) is 0 Å². The summed E-state index contributed by atoms with van der Waals surface area (Å²) in [5.74, 6) is 1.90. The summed E-state index contributed by atoms with van der Waals surface area (Å²) in [7, 11) is 0. The molecule has 0 aliphatic heterocycles. The maximum atomic E-state index is 6.41. The Bertz CT molecular complexity index is 2460. The van der Waals surface area contributed by atoms with E-state index in [9.17, 15) is 0 Å². The normalized spacial score (nSPS) is 14.9. The van der Waals surface area contributed by atoms with Crippen molar-refractivity contribution >= 4 is 22.4 Å². The third kappa shape index (κ3) is 11.7. The van der Waals surface area contributed by atoms with Crippen molar-refractivity contribution in [2.45, 2.75) is 92.4 Å². The molecule has 0 bridgehead atoms. The van der Waals surface area contributed by atoms with E-state index < -0.39 is 0 Å². The number of allylic oxidation sites excluding steroid dienone is 6. The van der Waals surface area contributed by atoms with Gasteiger partial charge in [-0.2, -0.15) is 0 Å². The molecule has 7 rings (SSSR count). The fraction of sp³-hybridized carbons (Fsp3) is 0.267. The number of nitrogens with two attached hydrogens (primary N) is 1. The molecule has 1 nitrogen and oxygen atoms in total. The molecule has 6 aromatic rings. The van der Waals surface area contributed by atoms with Crippen molar-refractivity contribution in [1.29, 1.82) is 0 Å². The summed E-state index contributed by atoms with van der Waals surface area (Å²) in [6.45, 7) is 19.3. The van der Waals surface area contributed by atoms with Crippen LogP contribution in [0.2, 0.25) is 0 Å². The summed E-state index contributed by atoms with van der Waals surface area (Å²) in [5, 5.41) is 0. The Morgan fingerprint density at radius 2 is 1.33 bits per heavy atom. The highest BCUT2D eigenvalue weighted by molar-refractivity contribution is 5.87. The average molecular weight is 802 g/mol. The van der Waals surface area contributed by atoms with E-state index in [0.717, 1.165) is 24.9 Å². The molecular formula is C60H67N. The van der Waals surface area contributed by atoms with Gasteiger partial charge in [0.25, 0.3) is 0 Å². The molecule has 312 valence electrons. The van der Waals surface area contributed by atoms with Gasteiger partial charge in [-0.15, -0.1) is 6.58 Å². The van der Waals surface area contributed by atoms with Gasteiger partial charge in [-0.1, -0.05) is 184 Å². The van der Waals surface area contributed by atoms with Crippen LogP contribution >= 0.6 is 0 Å². The van der Waals surface area contributed by atoms with E-state index in [1.165, 1.54) is 90.8 Å². The largest absolute Gasteiger partial charge is 0.398 e. The Morgan fingerprint density at radius 1 is 0.705 bits per heavy atom. The molecule has 0 spiro atoms. The van der Waals surface area contributed by atoms with Crippen LogP contribution in [0.5, 0.6) is 0 Å². The number of para-hydroxylation sites is 1. The Morgan fingerprint density at radius 3 is 2.02 bits per heavy atom. The van der Waals surface area contributed by atoms with Crippen molar-refractivity contribution in [2.75, 3.05) is 5.73 Å². The summed E-state index contributed by atoms with van der Waals surface area (Å²) in [5.41, 5.74) is 26.0. The second-order valence-corrected chi connectivity index (χ2v) is 17.3. The van der Waals surface area contributed by atoms with Gasteiger partial charge in [0.15, 0.2) is 0 Å². The van der Waals surface area contributed by atoms with Gasteiger partial charge in [0.1, 0.15) is 0 Å². The summed E-state index contributed by atoms with van der Waals surface area (Å²) < 4.78 is 0. The molecule has 3 atom stereocenters. The van der Waals surface area contributed by atoms with E-state index in [2.05, 4.69) is 200 Å². The monoisotopic (exact) mass is 802 g/mol. The fourth-order valence-electron chi connectivity index (χ4n) is 8.59. The van der Waals surface area contributed by atoms with Gasteiger partial charge < -0.3 is 5.73 Å². The zero-order valence-electron chi connectivity index (χ0n) is 37.8. The van der Waals surface area contributed by atoms with Crippen LogP contribution in [0.25, 0.3) is 27.8 Å². The molecule has 1 heteroatoms. The van der Waals surface area contributed by atoms with E-state index in [1.807, 2.05) is 19.1 Å². The van der Waals surface area contributed by atoms with E-state index in [0.29, 0.717) is 23.7 Å². The first kappa shape index (κ1) is 44.6. The van der Waals surface area contributed by atoms with Gasteiger partial charge in [-0.05, 0) is 168 Å². The first-order valence-corrected chi connectivity index (χ1v) is 22.5. The van der Waals surface area contributed by atoms with Crippen LogP contribution in [-0.4, -0.2) is 0 Å². The Hall–Kier alpha value is -5.92. The maximum Gasteiger partial charge on any atom is 0.0349 e. The van der Waals surface area contributed by atoms with Crippen LogP contribution in [0.15, 0.2) is 182 Å². The molecule has 61 heavy (non-hydrogen) atoms. The molecule has 2 unspecified atom stereocenters. The quantitative estimate of drug-likeness (QED) is 0.0625.